The standard InChI is InChI=1S/C22H24O11/c1-12(2)20(26)30-10-17(23)32-14-7-8-15(19(25)22(28-5)29-6)16(9-14)33-18(24)11-31-21(27)13(3)4/h7-9,22H,1,3,10-11H2,2,4-6H3. The van der Waals surface area contributed by atoms with Gasteiger partial charge in [-0.05, 0) is 26.0 Å². The molecule has 11 heteroatoms. The van der Waals surface area contributed by atoms with Gasteiger partial charge in [0.2, 0.25) is 12.1 Å². The van der Waals surface area contributed by atoms with Crippen molar-refractivity contribution in [2.75, 3.05) is 27.4 Å². The average molecular weight is 464 g/mol. The fraction of sp³-hybridized carbons (Fsp3) is 0.318. The predicted octanol–water partition coefficient (Wildman–Crippen LogP) is 1.54. The molecule has 0 saturated heterocycles. The van der Waals surface area contributed by atoms with E-state index in [1.807, 2.05) is 0 Å². The Kier molecular flexibility index (Phi) is 10.6. The molecule has 1 aromatic carbocycles. The van der Waals surface area contributed by atoms with Crippen molar-refractivity contribution in [2.45, 2.75) is 20.1 Å². The van der Waals surface area contributed by atoms with Gasteiger partial charge in [-0.2, -0.15) is 0 Å². The van der Waals surface area contributed by atoms with E-state index in [0.717, 1.165) is 6.07 Å². The van der Waals surface area contributed by atoms with Gasteiger partial charge in [0.05, 0.1) is 5.56 Å². The molecule has 1 aromatic rings. The minimum atomic E-state index is -1.31. The summed E-state index contributed by atoms with van der Waals surface area (Å²) in [6, 6.07) is 3.53. The number of hydrogen-bond acceptors (Lipinski definition) is 11. The molecule has 0 aliphatic heterocycles. The number of ether oxygens (including phenoxy) is 6. The molecule has 0 radical (unpaired) electrons. The molecule has 0 N–H and O–H groups in total. The van der Waals surface area contributed by atoms with Crippen LogP contribution in [0, 0.1) is 0 Å². The van der Waals surface area contributed by atoms with Gasteiger partial charge < -0.3 is 28.4 Å². The first-order chi connectivity index (χ1) is 15.5. The summed E-state index contributed by atoms with van der Waals surface area (Å²) >= 11 is 0. The number of benzene rings is 1. The maximum absolute atomic E-state index is 12.6. The summed E-state index contributed by atoms with van der Waals surface area (Å²) in [7, 11) is 2.47. The number of carbonyl (C=O) groups is 5. The van der Waals surface area contributed by atoms with Crippen molar-refractivity contribution >= 4 is 29.7 Å². The third kappa shape index (κ3) is 8.67. The Labute approximate surface area is 189 Å². The van der Waals surface area contributed by atoms with Gasteiger partial charge in [0.25, 0.3) is 0 Å². The quantitative estimate of drug-likeness (QED) is 0.146. The van der Waals surface area contributed by atoms with Crippen molar-refractivity contribution in [1.29, 1.82) is 0 Å². The second kappa shape index (κ2) is 12.9. The van der Waals surface area contributed by atoms with Crippen molar-refractivity contribution in [2.24, 2.45) is 0 Å². The topological polar surface area (TPSA) is 141 Å². The highest BCUT2D eigenvalue weighted by Gasteiger charge is 2.25. The summed E-state index contributed by atoms with van der Waals surface area (Å²) < 4.78 is 29.4. The number of hydrogen-bond donors (Lipinski definition) is 0. The zero-order valence-electron chi connectivity index (χ0n) is 18.6. The second-order valence-electron chi connectivity index (χ2n) is 6.49. The normalized spacial score (nSPS) is 10.2. The van der Waals surface area contributed by atoms with E-state index in [0.29, 0.717) is 0 Å². The predicted molar refractivity (Wildman–Crippen MR) is 111 cm³/mol. The first-order valence-electron chi connectivity index (χ1n) is 9.30. The van der Waals surface area contributed by atoms with Gasteiger partial charge in [0, 0.05) is 31.4 Å². The molecule has 0 unspecified atom stereocenters. The van der Waals surface area contributed by atoms with Gasteiger partial charge >= 0.3 is 23.9 Å². The summed E-state index contributed by atoms with van der Waals surface area (Å²) in [5.41, 5.74) is 0.0257. The van der Waals surface area contributed by atoms with Crippen LogP contribution in [0.5, 0.6) is 11.5 Å². The van der Waals surface area contributed by atoms with Crippen molar-refractivity contribution in [3.63, 3.8) is 0 Å². The molecule has 0 fully saturated rings. The fourth-order valence-corrected chi connectivity index (χ4v) is 2.10. The molecule has 0 bridgehead atoms. The van der Waals surface area contributed by atoms with E-state index < -0.39 is 49.2 Å². The first kappa shape index (κ1) is 27.2. The lowest BCUT2D eigenvalue weighted by molar-refractivity contribution is -0.151. The Morgan fingerprint density at radius 1 is 0.818 bits per heavy atom. The van der Waals surface area contributed by atoms with Crippen LogP contribution in [0.4, 0.5) is 0 Å². The molecule has 178 valence electrons. The van der Waals surface area contributed by atoms with Crippen molar-refractivity contribution in [3.05, 3.63) is 48.1 Å². The van der Waals surface area contributed by atoms with Crippen molar-refractivity contribution < 1.29 is 52.4 Å². The third-order valence-electron chi connectivity index (χ3n) is 3.66. The Morgan fingerprint density at radius 2 is 1.30 bits per heavy atom. The smallest absolute Gasteiger partial charge is 0.349 e. The summed E-state index contributed by atoms with van der Waals surface area (Å²) in [5.74, 6) is -4.70. The molecule has 33 heavy (non-hydrogen) atoms. The van der Waals surface area contributed by atoms with E-state index in [4.69, 9.17) is 23.7 Å². The largest absolute Gasteiger partial charge is 0.450 e. The Hall–Kier alpha value is -3.83. The lowest BCUT2D eigenvalue weighted by Crippen LogP contribution is -2.26. The molecule has 1 rings (SSSR count). The number of carbonyl (C=O) groups excluding carboxylic acids is 5. The number of methoxy groups -OCH3 is 2. The summed E-state index contributed by atoms with van der Waals surface area (Å²) in [6.07, 6.45) is -1.31. The van der Waals surface area contributed by atoms with Crippen LogP contribution in [-0.4, -0.2) is 63.4 Å². The van der Waals surface area contributed by atoms with Crippen LogP contribution in [0.15, 0.2) is 42.5 Å². The third-order valence-corrected chi connectivity index (χ3v) is 3.66. The molecule has 0 aliphatic carbocycles. The maximum atomic E-state index is 12.6. The van der Waals surface area contributed by atoms with Crippen LogP contribution in [0.3, 0.4) is 0 Å². The van der Waals surface area contributed by atoms with Crippen LogP contribution in [-0.2, 0) is 38.1 Å². The van der Waals surface area contributed by atoms with Crippen LogP contribution in [0.2, 0.25) is 0 Å². The number of Topliss-reactive ketones (excluding diaryl/α,β-unsaturated/α-hetero) is 1. The molecule has 0 spiro atoms. The molecular weight excluding hydrogens is 440 g/mol. The van der Waals surface area contributed by atoms with Crippen LogP contribution < -0.4 is 9.47 Å². The summed E-state index contributed by atoms with van der Waals surface area (Å²) in [5, 5.41) is 0. The minimum Gasteiger partial charge on any atom is -0.450 e. The molecule has 0 amide bonds. The van der Waals surface area contributed by atoms with Crippen LogP contribution in [0.25, 0.3) is 0 Å². The molecule has 0 atom stereocenters. The van der Waals surface area contributed by atoms with E-state index >= 15 is 0 Å². The number of ketones is 1. The molecular formula is C22H24O11. The number of esters is 4. The Bertz CT molecular complexity index is 957. The van der Waals surface area contributed by atoms with Gasteiger partial charge in [-0.25, -0.2) is 19.2 Å². The Morgan fingerprint density at radius 3 is 1.76 bits per heavy atom. The van der Waals surface area contributed by atoms with E-state index in [9.17, 15) is 24.0 Å². The summed E-state index contributed by atoms with van der Waals surface area (Å²) in [4.78, 5) is 59.5. The molecule has 0 saturated carbocycles. The van der Waals surface area contributed by atoms with Gasteiger partial charge in [0.1, 0.15) is 11.5 Å². The molecule has 0 heterocycles. The fourth-order valence-electron chi connectivity index (χ4n) is 2.10. The van der Waals surface area contributed by atoms with E-state index in [-0.39, 0.29) is 28.2 Å². The van der Waals surface area contributed by atoms with Gasteiger partial charge in [-0.1, -0.05) is 13.2 Å². The van der Waals surface area contributed by atoms with Crippen LogP contribution in [0.1, 0.15) is 24.2 Å². The highest BCUT2D eigenvalue weighted by Crippen LogP contribution is 2.27. The number of rotatable bonds is 12. The highest BCUT2D eigenvalue weighted by molar-refractivity contribution is 6.02. The maximum Gasteiger partial charge on any atom is 0.349 e. The SMILES string of the molecule is C=C(C)C(=O)OCC(=O)Oc1ccc(C(=O)C(OC)OC)c(OC(=O)COC(=O)C(=C)C)c1. The monoisotopic (exact) mass is 464 g/mol. The summed E-state index contributed by atoms with van der Waals surface area (Å²) in [6.45, 7) is 8.10. The molecule has 0 aromatic heterocycles. The molecule has 11 nitrogen and oxygen atoms in total. The minimum absolute atomic E-state index is 0.0722. The van der Waals surface area contributed by atoms with E-state index in [2.05, 4.69) is 17.9 Å². The van der Waals surface area contributed by atoms with Crippen LogP contribution >= 0.6 is 0 Å². The lowest BCUT2D eigenvalue weighted by atomic mass is 10.1. The average Bonchev–Trinajstić information content (AvgIpc) is 2.76. The van der Waals surface area contributed by atoms with Gasteiger partial charge in [-0.3, -0.25) is 4.79 Å². The van der Waals surface area contributed by atoms with E-state index in [1.165, 1.54) is 40.2 Å². The zero-order chi connectivity index (χ0) is 25.1. The highest BCUT2D eigenvalue weighted by atomic mass is 16.7. The van der Waals surface area contributed by atoms with Gasteiger partial charge in [-0.15, -0.1) is 0 Å². The Balaban J connectivity index is 3.07. The van der Waals surface area contributed by atoms with Crippen molar-refractivity contribution in [3.8, 4) is 11.5 Å². The second-order valence-corrected chi connectivity index (χ2v) is 6.49. The van der Waals surface area contributed by atoms with E-state index in [1.54, 1.807) is 0 Å². The molecule has 0 aliphatic rings. The van der Waals surface area contributed by atoms with Gasteiger partial charge in [0.15, 0.2) is 13.2 Å². The zero-order valence-corrected chi connectivity index (χ0v) is 18.6. The lowest BCUT2D eigenvalue weighted by Gasteiger charge is -2.16. The van der Waals surface area contributed by atoms with Crippen molar-refractivity contribution in [1.82, 2.24) is 0 Å². The first-order valence-corrected chi connectivity index (χ1v) is 9.30.